The van der Waals surface area contributed by atoms with Crippen LogP contribution in [0.5, 0.6) is 0 Å². The van der Waals surface area contributed by atoms with Crippen LogP contribution in [-0.2, 0) is 6.42 Å². The van der Waals surface area contributed by atoms with Gasteiger partial charge in [-0.05, 0) is 12.3 Å². The Hall–Kier alpha value is -0.380. The van der Waals surface area contributed by atoms with Crippen molar-refractivity contribution in [3.63, 3.8) is 0 Å². The number of aromatic nitrogens is 2. The van der Waals surface area contributed by atoms with Crippen LogP contribution in [0.3, 0.4) is 0 Å². The van der Waals surface area contributed by atoms with Gasteiger partial charge in [0.05, 0.1) is 0 Å². The summed E-state index contributed by atoms with van der Waals surface area (Å²) in [5.41, 5.74) is 0. The molecule has 11 heavy (non-hydrogen) atoms. The van der Waals surface area contributed by atoms with E-state index in [1.54, 1.807) is 0 Å². The van der Waals surface area contributed by atoms with Crippen molar-refractivity contribution in [2.45, 2.75) is 26.7 Å². The molecule has 0 N–H and O–H groups in total. The number of hydrogen-bond donors (Lipinski definition) is 0. The van der Waals surface area contributed by atoms with Gasteiger partial charge in [-0.1, -0.05) is 13.8 Å². The Morgan fingerprint density at radius 2 is 2.18 bits per heavy atom. The molecule has 4 heteroatoms. The summed E-state index contributed by atoms with van der Waals surface area (Å²) < 4.78 is 5.13. The van der Waals surface area contributed by atoms with E-state index in [0.717, 1.165) is 12.8 Å². The van der Waals surface area contributed by atoms with Crippen molar-refractivity contribution in [2.24, 2.45) is 5.92 Å². The van der Waals surface area contributed by atoms with Crippen molar-refractivity contribution in [3.8, 4) is 0 Å². The summed E-state index contributed by atoms with van der Waals surface area (Å²) in [4.78, 5) is 0.469. The molecule has 0 aliphatic carbocycles. The van der Waals surface area contributed by atoms with Crippen LogP contribution in [0.4, 0.5) is 0 Å². The first-order valence-electron chi connectivity index (χ1n) is 3.66. The number of rotatable bonds is 3. The quantitative estimate of drug-likeness (QED) is 0.783. The molecule has 0 unspecified atom stereocenters. The van der Waals surface area contributed by atoms with Gasteiger partial charge in [-0.3, -0.25) is 0 Å². The minimum atomic E-state index is 0.469. The van der Waals surface area contributed by atoms with Crippen molar-refractivity contribution in [1.29, 1.82) is 0 Å². The van der Waals surface area contributed by atoms with Crippen molar-refractivity contribution in [1.82, 2.24) is 10.2 Å². The van der Waals surface area contributed by atoms with E-state index in [0.29, 0.717) is 16.6 Å². The van der Waals surface area contributed by atoms with Crippen molar-refractivity contribution >= 4 is 15.9 Å². The lowest BCUT2D eigenvalue weighted by Crippen LogP contribution is -1.91. The Morgan fingerprint density at radius 3 is 2.64 bits per heavy atom. The average Bonchev–Trinajstić information content (AvgIpc) is 2.31. The van der Waals surface area contributed by atoms with Gasteiger partial charge in [0.15, 0.2) is 0 Å². The molecule has 0 aromatic carbocycles. The third-order valence-electron chi connectivity index (χ3n) is 1.38. The predicted octanol–water partition coefficient (Wildman–Crippen LogP) is 2.42. The van der Waals surface area contributed by atoms with Gasteiger partial charge in [-0.25, -0.2) is 0 Å². The van der Waals surface area contributed by atoms with Crippen molar-refractivity contribution in [3.05, 3.63) is 10.7 Å². The molecule has 0 spiro atoms. The zero-order valence-electron chi connectivity index (χ0n) is 6.67. The maximum atomic E-state index is 5.13. The molecule has 0 aliphatic rings. The highest BCUT2D eigenvalue weighted by molar-refractivity contribution is 9.10. The Kier molecular flexibility index (Phi) is 3.05. The summed E-state index contributed by atoms with van der Waals surface area (Å²) in [5, 5.41) is 7.52. The molecule has 1 aromatic heterocycles. The Bertz CT molecular complexity index is 222. The van der Waals surface area contributed by atoms with E-state index < -0.39 is 0 Å². The molecule has 3 nitrogen and oxygen atoms in total. The molecule has 0 radical (unpaired) electrons. The standard InChI is InChI=1S/C7H11BrN2O/c1-5(2)3-4-6-9-10-7(8)11-6/h5H,3-4H2,1-2H3. The fraction of sp³-hybridized carbons (Fsp3) is 0.714. The van der Waals surface area contributed by atoms with Crippen LogP contribution >= 0.6 is 15.9 Å². The van der Waals surface area contributed by atoms with Gasteiger partial charge in [0.1, 0.15) is 0 Å². The van der Waals surface area contributed by atoms with Crippen LogP contribution in [0.15, 0.2) is 9.22 Å². The van der Waals surface area contributed by atoms with Crippen LogP contribution in [0.2, 0.25) is 0 Å². The summed E-state index contributed by atoms with van der Waals surface area (Å²) >= 11 is 3.10. The predicted molar refractivity (Wildman–Crippen MR) is 45.2 cm³/mol. The first kappa shape index (κ1) is 8.71. The molecule has 0 amide bonds. The van der Waals surface area contributed by atoms with Crippen LogP contribution in [0.1, 0.15) is 26.2 Å². The van der Waals surface area contributed by atoms with Crippen molar-refractivity contribution < 1.29 is 4.42 Å². The molecule has 0 atom stereocenters. The number of aryl methyl sites for hydroxylation is 1. The lowest BCUT2D eigenvalue weighted by atomic mass is 10.1. The average molecular weight is 219 g/mol. The summed E-state index contributed by atoms with van der Waals surface area (Å²) in [7, 11) is 0. The summed E-state index contributed by atoms with van der Waals surface area (Å²) in [5.74, 6) is 1.39. The molecule has 1 rings (SSSR count). The topological polar surface area (TPSA) is 38.9 Å². The second kappa shape index (κ2) is 3.85. The third kappa shape index (κ3) is 3.01. The lowest BCUT2D eigenvalue weighted by molar-refractivity contribution is 0.446. The highest BCUT2D eigenvalue weighted by Crippen LogP contribution is 2.10. The van der Waals surface area contributed by atoms with E-state index in [1.165, 1.54) is 0 Å². The molecule has 0 bridgehead atoms. The smallest absolute Gasteiger partial charge is 0.284 e. The molecule has 62 valence electrons. The molecule has 0 aliphatic heterocycles. The zero-order valence-corrected chi connectivity index (χ0v) is 8.26. The Balaban J connectivity index is 2.39. The highest BCUT2D eigenvalue weighted by Gasteiger charge is 2.03. The molecule has 0 fully saturated rings. The fourth-order valence-electron chi connectivity index (χ4n) is 0.746. The summed E-state index contributed by atoms with van der Waals surface area (Å²) in [6.45, 7) is 4.34. The normalized spacial score (nSPS) is 10.9. The summed E-state index contributed by atoms with van der Waals surface area (Å²) in [6, 6.07) is 0. The van der Waals surface area contributed by atoms with Gasteiger partial charge in [-0.15, -0.1) is 10.2 Å². The minimum Gasteiger partial charge on any atom is -0.416 e. The van der Waals surface area contributed by atoms with E-state index in [2.05, 4.69) is 40.0 Å². The van der Waals surface area contributed by atoms with E-state index in [-0.39, 0.29) is 0 Å². The Labute approximate surface area is 74.3 Å². The molecule has 0 saturated carbocycles. The van der Waals surface area contributed by atoms with Crippen molar-refractivity contribution in [2.75, 3.05) is 0 Å². The summed E-state index contributed by atoms with van der Waals surface area (Å²) in [6.07, 6.45) is 1.96. The highest BCUT2D eigenvalue weighted by atomic mass is 79.9. The van der Waals surface area contributed by atoms with E-state index in [4.69, 9.17) is 4.42 Å². The van der Waals surface area contributed by atoms with Gasteiger partial charge >= 0.3 is 0 Å². The van der Waals surface area contributed by atoms with Crippen LogP contribution < -0.4 is 0 Å². The van der Waals surface area contributed by atoms with E-state index in [9.17, 15) is 0 Å². The van der Waals surface area contributed by atoms with Crippen LogP contribution in [0.25, 0.3) is 0 Å². The molecule has 1 heterocycles. The van der Waals surface area contributed by atoms with Gasteiger partial charge in [0.2, 0.25) is 5.89 Å². The third-order valence-corrected chi connectivity index (χ3v) is 1.70. The second-order valence-corrected chi connectivity index (χ2v) is 3.56. The first-order valence-corrected chi connectivity index (χ1v) is 4.45. The minimum absolute atomic E-state index is 0.469. The molecular weight excluding hydrogens is 208 g/mol. The monoisotopic (exact) mass is 218 g/mol. The largest absolute Gasteiger partial charge is 0.416 e. The SMILES string of the molecule is CC(C)CCc1nnc(Br)o1. The van der Waals surface area contributed by atoms with Gasteiger partial charge in [-0.2, -0.15) is 0 Å². The molecule has 0 saturated heterocycles. The fourth-order valence-corrected chi connectivity index (χ4v) is 1.01. The second-order valence-electron chi connectivity index (χ2n) is 2.88. The van der Waals surface area contributed by atoms with E-state index in [1.807, 2.05) is 0 Å². The molecule has 1 aromatic rings. The zero-order chi connectivity index (χ0) is 8.27. The van der Waals surface area contributed by atoms with E-state index >= 15 is 0 Å². The first-order chi connectivity index (χ1) is 5.18. The maximum absolute atomic E-state index is 5.13. The number of nitrogens with zero attached hydrogens (tertiary/aromatic N) is 2. The Morgan fingerprint density at radius 1 is 1.45 bits per heavy atom. The molecular formula is C7H11BrN2O. The maximum Gasteiger partial charge on any atom is 0.284 e. The number of halogens is 1. The lowest BCUT2D eigenvalue weighted by Gasteiger charge is -1.98. The van der Waals surface area contributed by atoms with Crippen LogP contribution in [0, 0.1) is 5.92 Å². The van der Waals surface area contributed by atoms with Crippen LogP contribution in [-0.4, -0.2) is 10.2 Å². The van der Waals surface area contributed by atoms with Gasteiger partial charge in [0.25, 0.3) is 4.80 Å². The van der Waals surface area contributed by atoms with Gasteiger partial charge in [0, 0.05) is 22.4 Å². The number of hydrogen-bond acceptors (Lipinski definition) is 3. The van der Waals surface area contributed by atoms with Gasteiger partial charge < -0.3 is 4.42 Å².